The van der Waals surface area contributed by atoms with Gasteiger partial charge in [-0.1, -0.05) is 27.7 Å². The van der Waals surface area contributed by atoms with Crippen LogP contribution in [0.3, 0.4) is 0 Å². The number of rotatable bonds is 7. The Hall–Kier alpha value is -0.120. The fourth-order valence-electron chi connectivity index (χ4n) is 2.86. The monoisotopic (exact) mass is 255 g/mol. The molecule has 1 unspecified atom stereocenters. The van der Waals surface area contributed by atoms with E-state index in [4.69, 9.17) is 0 Å². The number of nitrogens with zero attached hydrogens (tertiary/aromatic N) is 2. The molecule has 0 aromatic heterocycles. The summed E-state index contributed by atoms with van der Waals surface area (Å²) < 4.78 is 0. The van der Waals surface area contributed by atoms with Gasteiger partial charge in [-0.2, -0.15) is 0 Å². The van der Waals surface area contributed by atoms with Gasteiger partial charge in [0.25, 0.3) is 0 Å². The topological polar surface area (TPSA) is 18.5 Å². The fourth-order valence-corrected chi connectivity index (χ4v) is 2.86. The quantitative estimate of drug-likeness (QED) is 0.702. The Labute approximate surface area is 114 Å². The Morgan fingerprint density at radius 1 is 1.22 bits per heavy atom. The van der Waals surface area contributed by atoms with E-state index in [1.54, 1.807) is 0 Å². The molecule has 1 aliphatic rings. The van der Waals surface area contributed by atoms with Crippen molar-refractivity contribution < 1.29 is 0 Å². The lowest BCUT2D eigenvalue weighted by Crippen LogP contribution is -2.54. The summed E-state index contributed by atoms with van der Waals surface area (Å²) in [6.45, 7) is 16.5. The molecular weight excluding hydrogens is 222 g/mol. The van der Waals surface area contributed by atoms with Crippen LogP contribution >= 0.6 is 0 Å². The molecule has 3 nitrogen and oxygen atoms in total. The molecule has 3 heteroatoms. The predicted molar refractivity (Wildman–Crippen MR) is 80.1 cm³/mol. The Morgan fingerprint density at radius 3 is 2.56 bits per heavy atom. The normalized spacial score (nSPS) is 23.5. The van der Waals surface area contributed by atoms with Crippen molar-refractivity contribution in [3.05, 3.63) is 0 Å². The van der Waals surface area contributed by atoms with Gasteiger partial charge in [0, 0.05) is 38.8 Å². The molecule has 1 saturated heterocycles. The highest BCUT2D eigenvalue weighted by atomic mass is 15.3. The number of nitrogens with one attached hydrogen (secondary N) is 1. The van der Waals surface area contributed by atoms with Gasteiger partial charge in [-0.25, -0.2) is 0 Å². The molecule has 0 amide bonds. The molecule has 0 spiro atoms. The summed E-state index contributed by atoms with van der Waals surface area (Å²) in [4.78, 5) is 5.17. The average Bonchev–Trinajstić information content (AvgIpc) is 2.31. The molecule has 1 rings (SSSR count). The first-order valence-electron chi connectivity index (χ1n) is 7.62. The second-order valence-electron chi connectivity index (χ2n) is 6.62. The summed E-state index contributed by atoms with van der Waals surface area (Å²) in [5.41, 5.74) is 0.378. The van der Waals surface area contributed by atoms with Crippen LogP contribution in [0.1, 0.15) is 40.5 Å². The van der Waals surface area contributed by atoms with Crippen LogP contribution in [0.4, 0.5) is 0 Å². The highest BCUT2D eigenvalue weighted by molar-refractivity contribution is 4.83. The highest BCUT2D eigenvalue weighted by Gasteiger charge is 2.27. The van der Waals surface area contributed by atoms with Crippen molar-refractivity contribution in [3.63, 3.8) is 0 Å². The summed E-state index contributed by atoms with van der Waals surface area (Å²) in [5.74, 6) is 0. The third kappa shape index (κ3) is 5.25. The lowest BCUT2D eigenvalue weighted by molar-refractivity contribution is 0.0657. The molecule has 18 heavy (non-hydrogen) atoms. The van der Waals surface area contributed by atoms with E-state index >= 15 is 0 Å². The number of hydrogen-bond acceptors (Lipinski definition) is 3. The Bertz CT molecular complexity index is 228. The second-order valence-corrected chi connectivity index (χ2v) is 6.62. The van der Waals surface area contributed by atoms with Crippen molar-refractivity contribution in [2.75, 3.05) is 46.3 Å². The summed E-state index contributed by atoms with van der Waals surface area (Å²) in [6, 6.07) is 0.748. The van der Waals surface area contributed by atoms with E-state index in [0.29, 0.717) is 5.41 Å². The smallest absolute Gasteiger partial charge is 0.0218 e. The van der Waals surface area contributed by atoms with Crippen LogP contribution in [0.2, 0.25) is 0 Å². The lowest BCUT2D eigenvalue weighted by Gasteiger charge is -2.42. The highest BCUT2D eigenvalue weighted by Crippen LogP contribution is 2.19. The Morgan fingerprint density at radius 2 is 1.94 bits per heavy atom. The van der Waals surface area contributed by atoms with Crippen LogP contribution < -0.4 is 5.32 Å². The largest absolute Gasteiger partial charge is 0.316 e. The first-order chi connectivity index (χ1) is 8.48. The van der Waals surface area contributed by atoms with Crippen LogP contribution in [0, 0.1) is 5.41 Å². The van der Waals surface area contributed by atoms with Crippen molar-refractivity contribution in [2.24, 2.45) is 5.41 Å². The minimum absolute atomic E-state index is 0.378. The van der Waals surface area contributed by atoms with E-state index in [0.717, 1.165) is 19.1 Å². The minimum atomic E-state index is 0.378. The summed E-state index contributed by atoms with van der Waals surface area (Å²) in [7, 11) is 2.26. The van der Waals surface area contributed by atoms with Crippen LogP contribution in [-0.4, -0.2) is 62.2 Å². The van der Waals surface area contributed by atoms with Crippen LogP contribution in [0.15, 0.2) is 0 Å². The molecule has 0 radical (unpaired) electrons. The van der Waals surface area contributed by atoms with E-state index in [9.17, 15) is 0 Å². The average molecular weight is 255 g/mol. The van der Waals surface area contributed by atoms with Gasteiger partial charge in [0.15, 0.2) is 0 Å². The van der Waals surface area contributed by atoms with E-state index in [1.165, 1.54) is 39.0 Å². The molecule has 1 fully saturated rings. The molecule has 0 bridgehead atoms. The molecule has 1 heterocycles. The Kier molecular flexibility index (Phi) is 6.61. The van der Waals surface area contributed by atoms with E-state index in [2.05, 4.69) is 49.9 Å². The van der Waals surface area contributed by atoms with E-state index in [1.807, 2.05) is 0 Å². The van der Waals surface area contributed by atoms with Crippen LogP contribution in [-0.2, 0) is 0 Å². The molecule has 0 saturated carbocycles. The van der Waals surface area contributed by atoms with Crippen molar-refractivity contribution in [1.82, 2.24) is 15.1 Å². The predicted octanol–water partition coefficient (Wildman–Crippen LogP) is 2.04. The zero-order valence-electron chi connectivity index (χ0n) is 13.1. The summed E-state index contributed by atoms with van der Waals surface area (Å²) in [5, 5.41) is 3.56. The van der Waals surface area contributed by atoms with Gasteiger partial charge < -0.3 is 10.2 Å². The first-order valence-corrected chi connectivity index (χ1v) is 7.62. The summed E-state index contributed by atoms with van der Waals surface area (Å²) >= 11 is 0. The second kappa shape index (κ2) is 7.46. The van der Waals surface area contributed by atoms with Gasteiger partial charge >= 0.3 is 0 Å². The van der Waals surface area contributed by atoms with Gasteiger partial charge in [-0.15, -0.1) is 0 Å². The molecular formula is C15H33N3. The number of piperazine rings is 1. The molecule has 1 aliphatic heterocycles. The van der Waals surface area contributed by atoms with Gasteiger partial charge in [0.1, 0.15) is 0 Å². The van der Waals surface area contributed by atoms with Crippen LogP contribution in [0.5, 0.6) is 0 Å². The van der Waals surface area contributed by atoms with Crippen molar-refractivity contribution in [2.45, 2.75) is 46.6 Å². The molecule has 108 valence electrons. The number of likely N-dealkylation sites (N-methyl/N-ethyl adjacent to an activating group) is 1. The van der Waals surface area contributed by atoms with Crippen molar-refractivity contribution in [1.29, 1.82) is 0 Å². The van der Waals surface area contributed by atoms with Crippen LogP contribution in [0.25, 0.3) is 0 Å². The lowest BCUT2D eigenvalue weighted by atomic mass is 9.91. The third-order valence-corrected chi connectivity index (χ3v) is 4.01. The van der Waals surface area contributed by atoms with E-state index < -0.39 is 0 Å². The molecule has 1 atom stereocenters. The van der Waals surface area contributed by atoms with Crippen molar-refractivity contribution >= 4 is 0 Å². The van der Waals surface area contributed by atoms with E-state index in [-0.39, 0.29) is 0 Å². The van der Waals surface area contributed by atoms with Gasteiger partial charge in [0.05, 0.1) is 0 Å². The third-order valence-electron chi connectivity index (χ3n) is 4.01. The van der Waals surface area contributed by atoms with Gasteiger partial charge in [-0.05, 0) is 31.8 Å². The molecule has 0 aromatic carbocycles. The zero-order chi connectivity index (χ0) is 13.6. The molecule has 0 aromatic rings. The fraction of sp³-hybridized carbons (Fsp3) is 1.00. The van der Waals surface area contributed by atoms with Gasteiger partial charge in [-0.3, -0.25) is 4.90 Å². The maximum Gasteiger partial charge on any atom is 0.0218 e. The zero-order valence-corrected chi connectivity index (χ0v) is 13.1. The van der Waals surface area contributed by atoms with Gasteiger partial charge in [0.2, 0.25) is 0 Å². The maximum atomic E-state index is 3.56. The maximum absolute atomic E-state index is 3.56. The SMILES string of the molecule is CCCNCC(C)(C)CN1CCN(C)C(CC)C1. The number of hydrogen-bond donors (Lipinski definition) is 1. The standard InChI is InChI=1S/C15H33N3/c1-6-8-16-12-15(3,4)13-18-10-9-17(5)14(7-2)11-18/h14,16H,6-13H2,1-5H3. The first kappa shape index (κ1) is 15.9. The van der Waals surface area contributed by atoms with Crippen molar-refractivity contribution in [3.8, 4) is 0 Å². The molecule has 1 N–H and O–H groups in total. The molecule has 0 aliphatic carbocycles. The Balaban J connectivity index is 2.36. The summed E-state index contributed by atoms with van der Waals surface area (Å²) in [6.07, 6.45) is 2.49. The minimum Gasteiger partial charge on any atom is -0.316 e.